The van der Waals surface area contributed by atoms with E-state index in [1.54, 1.807) is 13.0 Å². The lowest BCUT2D eigenvalue weighted by Gasteiger charge is -2.07. The maximum Gasteiger partial charge on any atom is 0.334 e. The first-order valence-electron chi connectivity index (χ1n) is 12.4. The summed E-state index contributed by atoms with van der Waals surface area (Å²) in [5.41, 5.74) is -0.287. The molecular weight excluding hydrogens is 528 g/mol. The van der Waals surface area contributed by atoms with Crippen LogP contribution in [0, 0.1) is 20.2 Å². The van der Waals surface area contributed by atoms with E-state index in [1.165, 1.54) is 32.2 Å². The van der Waals surface area contributed by atoms with Gasteiger partial charge in [0.1, 0.15) is 0 Å². The Labute approximate surface area is 227 Å². The van der Waals surface area contributed by atoms with Crippen molar-refractivity contribution in [3.63, 3.8) is 0 Å². The first kappa shape index (κ1) is 29.8. The van der Waals surface area contributed by atoms with E-state index in [0.29, 0.717) is 12.8 Å². The van der Waals surface area contributed by atoms with Gasteiger partial charge >= 0.3 is 23.3 Å². The molecule has 3 rings (SSSR count). The molecule has 0 spiro atoms. The molecule has 14 nitrogen and oxygen atoms in total. The van der Waals surface area contributed by atoms with Crippen LogP contribution in [-0.4, -0.2) is 46.9 Å². The van der Waals surface area contributed by atoms with Crippen LogP contribution in [0.25, 0.3) is 21.9 Å². The molecule has 14 heteroatoms. The van der Waals surface area contributed by atoms with Gasteiger partial charge in [0, 0.05) is 60.9 Å². The summed E-state index contributed by atoms with van der Waals surface area (Å²) in [5.74, 6) is -1.27. The summed E-state index contributed by atoms with van der Waals surface area (Å²) < 4.78 is 10.8. The number of hydrogen-bond acceptors (Lipinski definition) is 12. The molecule has 0 aliphatic rings. The van der Waals surface area contributed by atoms with Crippen LogP contribution in [0.4, 0.5) is 11.4 Å². The minimum atomic E-state index is -0.679. The predicted molar refractivity (Wildman–Crippen MR) is 144 cm³/mol. The van der Waals surface area contributed by atoms with Crippen molar-refractivity contribution >= 4 is 56.7 Å². The number of unbranched alkanes of at least 4 members (excludes halogenated alkanes) is 1. The van der Waals surface area contributed by atoms with Gasteiger partial charge in [-0.15, -0.1) is 0 Å². The van der Waals surface area contributed by atoms with Gasteiger partial charge in [0.05, 0.1) is 27.9 Å². The number of carbonyl (C=O) groups is 2. The molecule has 40 heavy (non-hydrogen) atoms. The van der Waals surface area contributed by atoms with Crippen LogP contribution in [0.3, 0.4) is 0 Å². The Balaban J connectivity index is 2.37. The molecule has 1 heterocycles. The highest BCUT2D eigenvalue weighted by Crippen LogP contribution is 2.40. The topological polar surface area (TPSA) is 186 Å². The molecule has 0 saturated heterocycles. The first-order valence-corrected chi connectivity index (χ1v) is 12.4. The Kier molecular flexibility index (Phi) is 9.97. The fourth-order valence-corrected chi connectivity index (χ4v) is 3.87. The van der Waals surface area contributed by atoms with Crippen molar-refractivity contribution in [1.82, 2.24) is 0 Å². The summed E-state index contributed by atoms with van der Waals surface area (Å²) >= 11 is 0. The zero-order chi connectivity index (χ0) is 29.4. The van der Waals surface area contributed by atoms with Gasteiger partial charge in [-0.05, 0) is 25.0 Å². The number of nitro benzene ring substituents is 2. The lowest BCUT2D eigenvalue weighted by molar-refractivity contribution is -0.384. The summed E-state index contributed by atoms with van der Waals surface area (Å²) in [6.45, 7) is 4.88. The fourth-order valence-electron chi connectivity index (χ4n) is 3.87. The van der Waals surface area contributed by atoms with Crippen LogP contribution in [0.1, 0.15) is 64.0 Å². The molecule has 0 bridgehead atoms. The third kappa shape index (κ3) is 6.83. The second-order valence-electron chi connectivity index (χ2n) is 8.68. The number of oxime groups is 2. The van der Waals surface area contributed by atoms with Crippen LogP contribution < -0.4 is 0 Å². The number of rotatable bonds is 13. The lowest BCUT2D eigenvalue weighted by Crippen LogP contribution is -2.09. The third-order valence-corrected chi connectivity index (χ3v) is 5.83. The van der Waals surface area contributed by atoms with E-state index in [0.717, 1.165) is 6.42 Å². The number of hydrogen-bond donors (Lipinski definition) is 0. The van der Waals surface area contributed by atoms with Gasteiger partial charge in [0.15, 0.2) is 0 Å². The monoisotopic (exact) mass is 556 g/mol. The van der Waals surface area contributed by atoms with E-state index >= 15 is 0 Å². The SMILES string of the molecule is CCCC/C(=N\OC(C)=O)c1cc([N+](=O)[O-])c2oc3c([N+](=O)[O-])cc(/C(CCOC)=N/OC(=O)CC)cc3c2c1. The van der Waals surface area contributed by atoms with Crippen molar-refractivity contribution in [1.29, 1.82) is 0 Å². The quantitative estimate of drug-likeness (QED) is 0.112. The third-order valence-electron chi connectivity index (χ3n) is 5.83. The van der Waals surface area contributed by atoms with E-state index in [9.17, 15) is 29.8 Å². The highest BCUT2D eigenvalue weighted by molar-refractivity contribution is 6.16. The van der Waals surface area contributed by atoms with Crippen LogP contribution in [0.2, 0.25) is 0 Å². The van der Waals surface area contributed by atoms with Crippen molar-refractivity contribution in [3.05, 3.63) is 55.6 Å². The van der Waals surface area contributed by atoms with E-state index in [2.05, 4.69) is 10.3 Å². The number of fused-ring (bicyclic) bond motifs is 3. The molecule has 0 radical (unpaired) electrons. The Morgan fingerprint density at radius 2 is 1.40 bits per heavy atom. The summed E-state index contributed by atoms with van der Waals surface area (Å²) in [7, 11) is 1.46. The fraction of sp³-hybridized carbons (Fsp3) is 0.385. The zero-order valence-corrected chi connectivity index (χ0v) is 22.4. The van der Waals surface area contributed by atoms with Crippen LogP contribution in [0.15, 0.2) is 39.0 Å². The van der Waals surface area contributed by atoms with E-state index in [1.807, 2.05) is 6.92 Å². The normalized spacial score (nSPS) is 12.1. The number of non-ortho nitro benzene ring substituents is 2. The standard InChI is InChI=1S/C26H28N4O10/c1-5-7-8-20(27-39-15(3)31)16-11-18-19-12-17(21(9-10-37-4)28-40-24(32)6-2)14-23(30(35)36)26(19)38-25(18)22(13-16)29(33)34/h11-14H,5-10H2,1-4H3/b27-20+,28-21+. The lowest BCUT2D eigenvalue weighted by atomic mass is 9.99. The summed E-state index contributed by atoms with van der Waals surface area (Å²) in [6, 6.07) is 5.49. The number of carbonyl (C=O) groups excluding carboxylic acids is 2. The van der Waals surface area contributed by atoms with Crippen LogP contribution in [-0.2, 0) is 24.0 Å². The molecule has 0 aliphatic carbocycles. The first-order chi connectivity index (χ1) is 19.1. The molecule has 0 saturated carbocycles. The molecule has 0 atom stereocenters. The Bertz CT molecular complexity index is 1520. The number of benzene rings is 2. The summed E-state index contributed by atoms with van der Waals surface area (Å²) in [4.78, 5) is 55.6. The second kappa shape index (κ2) is 13.4. The minimum Gasteiger partial charge on any atom is -0.442 e. The number of methoxy groups -OCH3 is 1. The van der Waals surface area contributed by atoms with Gasteiger partial charge in [-0.25, -0.2) is 9.59 Å². The number of nitro groups is 2. The minimum absolute atomic E-state index is 0.0638. The molecule has 0 amide bonds. The maximum atomic E-state index is 12.0. The van der Waals surface area contributed by atoms with Crippen molar-refractivity contribution in [2.75, 3.05) is 13.7 Å². The summed E-state index contributed by atoms with van der Waals surface area (Å²) in [6.07, 6.45) is 2.00. The molecule has 212 valence electrons. The number of furan rings is 1. The average molecular weight is 557 g/mol. The van der Waals surface area contributed by atoms with Gasteiger partial charge in [0.25, 0.3) is 0 Å². The zero-order valence-electron chi connectivity index (χ0n) is 22.4. The predicted octanol–water partition coefficient (Wildman–Crippen LogP) is 5.55. The molecular formula is C26H28N4O10. The van der Waals surface area contributed by atoms with E-state index in [-0.39, 0.29) is 63.9 Å². The molecule has 0 unspecified atom stereocenters. The molecule has 2 aromatic carbocycles. The van der Waals surface area contributed by atoms with Crippen molar-refractivity contribution in [2.45, 2.75) is 52.9 Å². The van der Waals surface area contributed by atoms with Crippen LogP contribution in [0.5, 0.6) is 0 Å². The van der Waals surface area contributed by atoms with Crippen molar-refractivity contribution in [3.8, 4) is 0 Å². The van der Waals surface area contributed by atoms with Crippen LogP contribution >= 0.6 is 0 Å². The summed E-state index contributed by atoms with van der Waals surface area (Å²) in [5, 5.41) is 32.3. The van der Waals surface area contributed by atoms with E-state index in [4.69, 9.17) is 18.8 Å². The second-order valence-corrected chi connectivity index (χ2v) is 8.68. The maximum absolute atomic E-state index is 12.0. The number of nitrogens with zero attached hydrogens (tertiary/aromatic N) is 4. The van der Waals surface area contributed by atoms with Gasteiger partial charge in [-0.2, -0.15) is 0 Å². The molecule has 0 N–H and O–H groups in total. The molecule has 1 aromatic heterocycles. The van der Waals surface area contributed by atoms with Crippen molar-refractivity contribution < 1.29 is 38.3 Å². The van der Waals surface area contributed by atoms with Gasteiger partial charge < -0.3 is 18.8 Å². The molecule has 0 fully saturated rings. The van der Waals surface area contributed by atoms with E-state index < -0.39 is 33.2 Å². The van der Waals surface area contributed by atoms with Crippen molar-refractivity contribution in [2.24, 2.45) is 10.3 Å². The highest BCUT2D eigenvalue weighted by atomic mass is 16.7. The smallest absolute Gasteiger partial charge is 0.334 e. The number of ether oxygens (including phenoxy) is 1. The Morgan fingerprint density at radius 1 is 0.875 bits per heavy atom. The molecule has 0 aliphatic heterocycles. The Morgan fingerprint density at radius 3 is 1.85 bits per heavy atom. The van der Waals surface area contributed by atoms with Gasteiger partial charge in [-0.1, -0.05) is 30.6 Å². The van der Waals surface area contributed by atoms with Gasteiger partial charge in [-0.3, -0.25) is 20.2 Å². The molecule has 3 aromatic rings. The van der Waals surface area contributed by atoms with Gasteiger partial charge in [0.2, 0.25) is 11.2 Å². The Hall–Kier alpha value is -4.72. The average Bonchev–Trinajstić information content (AvgIpc) is 3.30. The highest BCUT2D eigenvalue weighted by Gasteiger charge is 2.27. The largest absolute Gasteiger partial charge is 0.442 e.